The van der Waals surface area contributed by atoms with Gasteiger partial charge in [-0.15, -0.1) is 0 Å². The Bertz CT molecular complexity index is 523. The summed E-state index contributed by atoms with van der Waals surface area (Å²) < 4.78 is 0. The molecular formula is C20H26O. The van der Waals surface area contributed by atoms with E-state index in [0.29, 0.717) is 18.1 Å². The van der Waals surface area contributed by atoms with Gasteiger partial charge in [-0.25, -0.2) is 0 Å². The van der Waals surface area contributed by atoms with Crippen LogP contribution in [0.3, 0.4) is 0 Å². The minimum Gasteiger partial charge on any atom is -0.299 e. The van der Waals surface area contributed by atoms with Gasteiger partial charge in [-0.3, -0.25) is 4.79 Å². The van der Waals surface area contributed by atoms with Crippen LogP contribution < -0.4 is 0 Å². The molecule has 0 saturated heterocycles. The standard InChI is InChI=1S/C20H26O/c1-12-3-13(2)5-14(4-12)11-19(21)20-17-7-15-6-16(9-17)10-18(20)8-15/h3-5,15-18,20H,6-11H2,1-2H3. The lowest BCUT2D eigenvalue weighted by Crippen LogP contribution is -2.48. The van der Waals surface area contributed by atoms with Crippen molar-refractivity contribution in [3.05, 3.63) is 34.9 Å². The number of hydrogen-bond donors (Lipinski definition) is 0. The molecule has 4 saturated carbocycles. The molecule has 5 rings (SSSR count). The van der Waals surface area contributed by atoms with E-state index in [0.717, 1.165) is 23.7 Å². The number of rotatable bonds is 3. The molecule has 1 heteroatoms. The number of ketones is 1. The second kappa shape index (κ2) is 4.97. The summed E-state index contributed by atoms with van der Waals surface area (Å²) in [7, 11) is 0. The molecule has 4 bridgehead atoms. The third-order valence-electron chi connectivity index (χ3n) is 6.26. The summed E-state index contributed by atoms with van der Waals surface area (Å²) in [5, 5.41) is 0. The highest BCUT2D eigenvalue weighted by Crippen LogP contribution is 2.56. The van der Waals surface area contributed by atoms with Crippen LogP contribution in [0.15, 0.2) is 18.2 Å². The number of hydrogen-bond acceptors (Lipinski definition) is 1. The molecule has 0 heterocycles. The van der Waals surface area contributed by atoms with E-state index in [9.17, 15) is 4.79 Å². The van der Waals surface area contributed by atoms with Crippen molar-refractivity contribution in [3.8, 4) is 0 Å². The fraction of sp³-hybridized carbons (Fsp3) is 0.650. The van der Waals surface area contributed by atoms with E-state index in [4.69, 9.17) is 0 Å². The van der Waals surface area contributed by atoms with Gasteiger partial charge >= 0.3 is 0 Å². The van der Waals surface area contributed by atoms with Gasteiger partial charge in [0.25, 0.3) is 0 Å². The van der Waals surface area contributed by atoms with Gasteiger partial charge in [0, 0.05) is 12.3 Å². The molecule has 0 unspecified atom stereocenters. The van der Waals surface area contributed by atoms with Crippen molar-refractivity contribution in [2.45, 2.75) is 52.4 Å². The second-order valence-corrected chi connectivity index (χ2v) is 8.10. The molecule has 21 heavy (non-hydrogen) atoms. The molecule has 4 aliphatic rings. The molecule has 1 aromatic carbocycles. The van der Waals surface area contributed by atoms with Gasteiger partial charge in [0.15, 0.2) is 0 Å². The van der Waals surface area contributed by atoms with E-state index in [1.165, 1.54) is 48.8 Å². The molecule has 112 valence electrons. The van der Waals surface area contributed by atoms with Crippen LogP contribution in [-0.4, -0.2) is 5.78 Å². The summed E-state index contributed by atoms with van der Waals surface area (Å²) in [6.45, 7) is 4.26. The third-order valence-corrected chi connectivity index (χ3v) is 6.26. The van der Waals surface area contributed by atoms with Crippen molar-refractivity contribution in [2.24, 2.45) is 29.6 Å². The highest BCUT2D eigenvalue weighted by molar-refractivity contribution is 5.84. The van der Waals surface area contributed by atoms with E-state index >= 15 is 0 Å². The Balaban J connectivity index is 1.52. The minimum absolute atomic E-state index is 0.388. The van der Waals surface area contributed by atoms with Crippen molar-refractivity contribution in [3.63, 3.8) is 0 Å². The normalized spacial score (nSPS) is 37.0. The maximum atomic E-state index is 12.9. The van der Waals surface area contributed by atoms with Gasteiger partial charge in [0.1, 0.15) is 5.78 Å². The van der Waals surface area contributed by atoms with Crippen LogP contribution in [0.5, 0.6) is 0 Å². The van der Waals surface area contributed by atoms with E-state index in [2.05, 4.69) is 32.0 Å². The second-order valence-electron chi connectivity index (χ2n) is 8.10. The third kappa shape index (κ3) is 2.45. The molecule has 0 radical (unpaired) electrons. The summed E-state index contributed by atoms with van der Waals surface area (Å²) in [5.41, 5.74) is 3.79. The van der Waals surface area contributed by atoms with Crippen LogP contribution in [-0.2, 0) is 11.2 Å². The molecule has 0 amide bonds. The van der Waals surface area contributed by atoms with Gasteiger partial charge in [-0.2, -0.15) is 0 Å². The molecule has 4 aliphatic carbocycles. The van der Waals surface area contributed by atoms with Gasteiger partial charge < -0.3 is 0 Å². The first kappa shape index (κ1) is 13.5. The number of carbonyl (C=O) groups excluding carboxylic acids is 1. The first-order chi connectivity index (χ1) is 10.1. The van der Waals surface area contributed by atoms with Crippen LogP contribution in [0.4, 0.5) is 0 Å². The van der Waals surface area contributed by atoms with Gasteiger partial charge in [-0.05, 0) is 75.2 Å². The molecular weight excluding hydrogens is 256 g/mol. The fourth-order valence-corrected chi connectivity index (χ4v) is 5.94. The van der Waals surface area contributed by atoms with Crippen LogP contribution in [0.2, 0.25) is 0 Å². The van der Waals surface area contributed by atoms with Crippen LogP contribution in [0, 0.1) is 43.4 Å². The average Bonchev–Trinajstić information content (AvgIpc) is 2.35. The first-order valence-electron chi connectivity index (χ1n) is 8.68. The van der Waals surface area contributed by atoms with E-state index in [1.54, 1.807) is 0 Å². The Morgan fingerprint density at radius 3 is 1.95 bits per heavy atom. The van der Waals surface area contributed by atoms with Crippen LogP contribution >= 0.6 is 0 Å². The number of carbonyl (C=O) groups is 1. The summed E-state index contributed by atoms with van der Waals surface area (Å²) in [4.78, 5) is 12.9. The van der Waals surface area contributed by atoms with Crippen molar-refractivity contribution in [1.29, 1.82) is 0 Å². The smallest absolute Gasteiger partial charge is 0.140 e. The van der Waals surface area contributed by atoms with E-state index in [1.807, 2.05) is 0 Å². The topological polar surface area (TPSA) is 17.1 Å². The Hall–Kier alpha value is -1.11. The molecule has 0 aromatic heterocycles. The average molecular weight is 282 g/mol. The van der Waals surface area contributed by atoms with Gasteiger partial charge in [-0.1, -0.05) is 29.3 Å². The van der Waals surface area contributed by atoms with Gasteiger partial charge in [0.05, 0.1) is 0 Å². The minimum atomic E-state index is 0.388. The molecule has 0 spiro atoms. The monoisotopic (exact) mass is 282 g/mol. The molecule has 4 fully saturated rings. The Morgan fingerprint density at radius 2 is 1.43 bits per heavy atom. The van der Waals surface area contributed by atoms with Crippen molar-refractivity contribution >= 4 is 5.78 Å². The van der Waals surface area contributed by atoms with Crippen molar-refractivity contribution in [2.75, 3.05) is 0 Å². The summed E-state index contributed by atoms with van der Waals surface area (Å²) in [5.74, 6) is 4.28. The Labute approximate surface area is 128 Å². The predicted octanol–water partition coefficient (Wildman–Crippen LogP) is 4.49. The lowest BCUT2D eigenvalue weighted by molar-refractivity contribution is -0.135. The Kier molecular flexibility index (Phi) is 3.20. The maximum absolute atomic E-state index is 12.9. The number of aryl methyl sites for hydroxylation is 2. The highest BCUT2D eigenvalue weighted by Gasteiger charge is 2.50. The van der Waals surface area contributed by atoms with Gasteiger partial charge in [0.2, 0.25) is 0 Å². The predicted molar refractivity (Wildman–Crippen MR) is 85.2 cm³/mol. The fourth-order valence-electron chi connectivity index (χ4n) is 5.94. The number of benzene rings is 1. The van der Waals surface area contributed by atoms with Crippen LogP contribution in [0.1, 0.15) is 48.8 Å². The van der Waals surface area contributed by atoms with Crippen LogP contribution in [0.25, 0.3) is 0 Å². The maximum Gasteiger partial charge on any atom is 0.140 e. The SMILES string of the molecule is Cc1cc(C)cc(CC(=O)C2C3CC4CC(C3)CC2C4)c1. The Morgan fingerprint density at radius 1 is 0.905 bits per heavy atom. The zero-order chi connectivity index (χ0) is 14.6. The molecule has 1 aromatic rings. The molecule has 0 aliphatic heterocycles. The molecule has 0 atom stereocenters. The summed E-state index contributed by atoms with van der Waals surface area (Å²) in [6, 6.07) is 6.58. The lowest BCUT2D eigenvalue weighted by Gasteiger charge is -2.53. The first-order valence-corrected chi connectivity index (χ1v) is 8.68. The highest BCUT2D eigenvalue weighted by atomic mass is 16.1. The summed E-state index contributed by atoms with van der Waals surface area (Å²) in [6.07, 6.45) is 7.50. The molecule has 1 nitrogen and oxygen atoms in total. The molecule has 0 N–H and O–H groups in total. The zero-order valence-electron chi connectivity index (χ0n) is 13.3. The van der Waals surface area contributed by atoms with Crippen molar-refractivity contribution in [1.82, 2.24) is 0 Å². The largest absolute Gasteiger partial charge is 0.299 e. The van der Waals surface area contributed by atoms with E-state index < -0.39 is 0 Å². The quantitative estimate of drug-likeness (QED) is 0.798. The van der Waals surface area contributed by atoms with Crippen molar-refractivity contribution < 1.29 is 4.79 Å². The van der Waals surface area contributed by atoms with E-state index in [-0.39, 0.29) is 0 Å². The number of Topliss-reactive ketones (excluding diaryl/α,β-unsaturated/α-hetero) is 1. The zero-order valence-corrected chi connectivity index (χ0v) is 13.3. The summed E-state index contributed by atoms with van der Waals surface area (Å²) >= 11 is 0. The lowest BCUT2D eigenvalue weighted by atomic mass is 9.51.